The molecule has 2 aromatic carbocycles. The average Bonchev–Trinajstić information content (AvgIpc) is 3.26. The Labute approximate surface area is 186 Å². The summed E-state index contributed by atoms with van der Waals surface area (Å²) in [7, 11) is 1.23. The Bertz CT molecular complexity index is 1020. The van der Waals surface area contributed by atoms with Gasteiger partial charge in [-0.25, -0.2) is 8.78 Å². The summed E-state index contributed by atoms with van der Waals surface area (Å²) in [5.74, 6) is -4.34. The highest BCUT2D eigenvalue weighted by Gasteiger charge is 2.67. The maximum Gasteiger partial charge on any atom is 0.255 e. The van der Waals surface area contributed by atoms with Crippen LogP contribution in [0.15, 0.2) is 30.3 Å². The zero-order chi connectivity index (χ0) is 22.2. The molecule has 160 valence electrons. The van der Waals surface area contributed by atoms with Gasteiger partial charge in [0.25, 0.3) is 5.91 Å². The zero-order valence-electron chi connectivity index (χ0n) is 15.9. The van der Waals surface area contributed by atoms with Crippen LogP contribution in [0, 0.1) is 17.6 Å². The SMILES string of the molecule is CCNC(=O)c1cc(NC(=O)C2C(c3ccc(F)c(Cl)c3)C2(Cl)Cl)cc(F)c1OC. The predicted molar refractivity (Wildman–Crippen MR) is 112 cm³/mol. The van der Waals surface area contributed by atoms with Crippen LogP contribution >= 0.6 is 34.8 Å². The first kappa shape index (κ1) is 22.6. The normalized spacial score (nSPS) is 19.2. The van der Waals surface area contributed by atoms with Crippen molar-refractivity contribution >= 4 is 52.3 Å². The van der Waals surface area contributed by atoms with Gasteiger partial charge in [-0.2, -0.15) is 0 Å². The zero-order valence-corrected chi connectivity index (χ0v) is 18.1. The van der Waals surface area contributed by atoms with Crippen LogP contribution in [0.4, 0.5) is 14.5 Å². The van der Waals surface area contributed by atoms with Crippen molar-refractivity contribution in [3.63, 3.8) is 0 Å². The van der Waals surface area contributed by atoms with Crippen LogP contribution < -0.4 is 15.4 Å². The van der Waals surface area contributed by atoms with E-state index in [-0.39, 0.29) is 22.0 Å². The third kappa shape index (κ3) is 4.19. The average molecular weight is 478 g/mol. The Morgan fingerprint density at radius 3 is 2.47 bits per heavy atom. The highest BCUT2D eigenvalue weighted by molar-refractivity contribution is 6.53. The van der Waals surface area contributed by atoms with E-state index in [1.54, 1.807) is 6.92 Å². The third-order valence-corrected chi connectivity index (χ3v) is 5.97. The van der Waals surface area contributed by atoms with E-state index in [2.05, 4.69) is 10.6 Å². The van der Waals surface area contributed by atoms with Crippen LogP contribution in [0.5, 0.6) is 5.75 Å². The Kier molecular flexibility index (Phi) is 6.45. The number of rotatable bonds is 6. The molecule has 2 N–H and O–H groups in total. The van der Waals surface area contributed by atoms with E-state index in [4.69, 9.17) is 39.5 Å². The predicted octanol–water partition coefficient (Wildman–Crippen LogP) is 4.90. The molecule has 30 heavy (non-hydrogen) atoms. The molecule has 2 atom stereocenters. The van der Waals surface area contributed by atoms with E-state index >= 15 is 0 Å². The molecule has 0 spiro atoms. The van der Waals surface area contributed by atoms with Crippen molar-refractivity contribution < 1.29 is 23.1 Å². The van der Waals surface area contributed by atoms with E-state index in [0.717, 1.165) is 12.1 Å². The number of anilines is 1. The number of ether oxygens (including phenoxy) is 1. The molecule has 0 saturated heterocycles. The second kappa shape index (κ2) is 8.57. The fourth-order valence-electron chi connectivity index (χ4n) is 3.29. The van der Waals surface area contributed by atoms with Crippen LogP contribution in [0.25, 0.3) is 0 Å². The molecule has 1 fully saturated rings. The molecular weight excluding hydrogens is 461 g/mol. The highest BCUT2D eigenvalue weighted by atomic mass is 35.5. The lowest BCUT2D eigenvalue weighted by atomic mass is 10.1. The summed E-state index contributed by atoms with van der Waals surface area (Å²) < 4.78 is 31.3. The maximum absolute atomic E-state index is 14.4. The van der Waals surface area contributed by atoms with Crippen LogP contribution in [-0.2, 0) is 4.79 Å². The number of carbonyl (C=O) groups is 2. The molecule has 1 aliphatic carbocycles. The minimum absolute atomic E-state index is 0.0338. The van der Waals surface area contributed by atoms with Crippen molar-refractivity contribution in [2.75, 3.05) is 19.0 Å². The van der Waals surface area contributed by atoms with Crippen LogP contribution in [-0.4, -0.2) is 29.8 Å². The summed E-state index contributed by atoms with van der Waals surface area (Å²) in [4.78, 5) is 25.0. The summed E-state index contributed by atoms with van der Waals surface area (Å²) in [6, 6.07) is 6.27. The molecule has 0 bridgehead atoms. The third-order valence-electron chi connectivity index (χ3n) is 4.74. The van der Waals surface area contributed by atoms with E-state index in [9.17, 15) is 18.4 Å². The number of benzene rings is 2. The monoisotopic (exact) mass is 476 g/mol. The second-order valence-electron chi connectivity index (χ2n) is 6.69. The van der Waals surface area contributed by atoms with E-state index in [1.165, 1.54) is 25.3 Å². The number of hydrogen-bond acceptors (Lipinski definition) is 3. The number of hydrogen-bond donors (Lipinski definition) is 2. The van der Waals surface area contributed by atoms with E-state index in [0.29, 0.717) is 12.1 Å². The lowest BCUT2D eigenvalue weighted by molar-refractivity contribution is -0.117. The summed E-state index contributed by atoms with van der Waals surface area (Å²) in [6.45, 7) is 2.03. The quantitative estimate of drug-likeness (QED) is 0.582. The highest BCUT2D eigenvalue weighted by Crippen LogP contribution is 2.65. The lowest BCUT2D eigenvalue weighted by Crippen LogP contribution is -2.24. The number of amides is 2. The maximum atomic E-state index is 14.4. The molecule has 0 heterocycles. The molecule has 0 radical (unpaired) electrons. The molecule has 0 aliphatic heterocycles. The van der Waals surface area contributed by atoms with Crippen molar-refractivity contribution in [1.82, 2.24) is 5.32 Å². The summed E-state index contributed by atoms with van der Waals surface area (Å²) in [5, 5.41) is 4.95. The second-order valence-corrected chi connectivity index (χ2v) is 8.54. The Morgan fingerprint density at radius 1 is 1.17 bits per heavy atom. The van der Waals surface area contributed by atoms with Crippen LogP contribution in [0.1, 0.15) is 28.8 Å². The standard InChI is InChI=1S/C20H17Cl3F2N2O3/c1-3-26-18(28)11-7-10(8-14(25)17(11)30-2)27-19(29)16-15(20(16,22)23)9-4-5-13(24)12(21)6-9/h4-8,15-16H,3H2,1-2H3,(H,26,28)(H,27,29). The summed E-state index contributed by atoms with van der Waals surface area (Å²) in [5.41, 5.74) is 0.456. The van der Waals surface area contributed by atoms with Crippen LogP contribution in [0.3, 0.4) is 0 Å². The molecule has 0 aromatic heterocycles. The van der Waals surface area contributed by atoms with Gasteiger partial charge < -0.3 is 15.4 Å². The Hall–Kier alpha value is -2.09. The van der Waals surface area contributed by atoms with Gasteiger partial charge >= 0.3 is 0 Å². The Morgan fingerprint density at radius 2 is 1.87 bits per heavy atom. The minimum atomic E-state index is -1.45. The molecule has 2 aromatic rings. The van der Waals surface area contributed by atoms with Gasteiger partial charge in [0, 0.05) is 24.2 Å². The van der Waals surface area contributed by atoms with Gasteiger partial charge in [-0.1, -0.05) is 17.7 Å². The fraction of sp³-hybridized carbons (Fsp3) is 0.300. The topological polar surface area (TPSA) is 67.4 Å². The number of carbonyl (C=O) groups excluding carboxylic acids is 2. The van der Waals surface area contributed by atoms with Gasteiger partial charge in [-0.05, 0) is 30.7 Å². The minimum Gasteiger partial charge on any atom is -0.493 e. The molecule has 10 heteroatoms. The number of methoxy groups -OCH3 is 1. The summed E-state index contributed by atoms with van der Waals surface area (Å²) in [6.07, 6.45) is 0. The smallest absolute Gasteiger partial charge is 0.255 e. The number of alkyl halides is 2. The molecule has 2 amide bonds. The molecular formula is C20H17Cl3F2N2O3. The van der Waals surface area contributed by atoms with Gasteiger partial charge in [0.2, 0.25) is 5.91 Å². The first-order valence-electron chi connectivity index (χ1n) is 8.91. The van der Waals surface area contributed by atoms with Crippen molar-refractivity contribution in [3.05, 3.63) is 58.1 Å². The van der Waals surface area contributed by atoms with E-state index < -0.39 is 39.6 Å². The van der Waals surface area contributed by atoms with E-state index in [1.807, 2.05) is 0 Å². The van der Waals surface area contributed by atoms with Gasteiger partial charge in [0.05, 0.1) is 23.6 Å². The van der Waals surface area contributed by atoms with Crippen molar-refractivity contribution in [2.45, 2.75) is 17.2 Å². The number of nitrogens with one attached hydrogen (secondary N) is 2. The van der Waals surface area contributed by atoms with Crippen molar-refractivity contribution in [1.29, 1.82) is 0 Å². The van der Waals surface area contributed by atoms with Crippen molar-refractivity contribution in [3.8, 4) is 5.75 Å². The summed E-state index contributed by atoms with van der Waals surface area (Å²) >= 11 is 18.3. The van der Waals surface area contributed by atoms with Gasteiger partial charge in [0.1, 0.15) is 10.2 Å². The largest absolute Gasteiger partial charge is 0.493 e. The molecule has 2 unspecified atom stereocenters. The fourth-order valence-corrected chi connectivity index (χ4v) is 4.31. The molecule has 5 nitrogen and oxygen atoms in total. The van der Waals surface area contributed by atoms with Crippen molar-refractivity contribution in [2.24, 2.45) is 5.92 Å². The molecule has 3 rings (SSSR count). The van der Waals surface area contributed by atoms with Gasteiger partial charge in [-0.3, -0.25) is 9.59 Å². The first-order valence-corrected chi connectivity index (χ1v) is 10.0. The Balaban J connectivity index is 1.85. The molecule has 1 saturated carbocycles. The number of halogens is 5. The van der Waals surface area contributed by atoms with Gasteiger partial charge in [-0.15, -0.1) is 23.2 Å². The first-order chi connectivity index (χ1) is 14.1. The van der Waals surface area contributed by atoms with Gasteiger partial charge in [0.15, 0.2) is 11.6 Å². The lowest BCUT2D eigenvalue weighted by Gasteiger charge is -2.13. The van der Waals surface area contributed by atoms with Crippen LogP contribution in [0.2, 0.25) is 5.02 Å². The molecule has 1 aliphatic rings.